The van der Waals surface area contributed by atoms with Gasteiger partial charge in [0.2, 0.25) is 0 Å². The van der Waals surface area contributed by atoms with Crippen LogP contribution in [0.15, 0.2) is 24.3 Å². The van der Waals surface area contributed by atoms with E-state index in [1.54, 1.807) is 13.2 Å². The third-order valence-electron chi connectivity index (χ3n) is 3.14. The summed E-state index contributed by atoms with van der Waals surface area (Å²) in [6.07, 6.45) is 2.18. The molecule has 1 aromatic carbocycles. The van der Waals surface area contributed by atoms with Crippen LogP contribution in [0, 0.1) is 0 Å². The molecule has 0 spiro atoms. The zero-order valence-electron chi connectivity index (χ0n) is 9.58. The lowest BCUT2D eigenvalue weighted by atomic mass is 9.95. The zero-order chi connectivity index (χ0) is 11.4. The second kappa shape index (κ2) is 5.30. The smallest absolute Gasteiger partial charge is 0.144 e. The van der Waals surface area contributed by atoms with Crippen LogP contribution in [0.25, 0.3) is 0 Å². The van der Waals surface area contributed by atoms with Gasteiger partial charge < -0.3 is 10.1 Å². The highest BCUT2D eigenvalue weighted by Crippen LogP contribution is 2.32. The summed E-state index contributed by atoms with van der Waals surface area (Å²) in [5, 5.41) is 3.24. The van der Waals surface area contributed by atoms with Gasteiger partial charge in [-0.2, -0.15) is 0 Å². The molecule has 0 aliphatic carbocycles. The van der Waals surface area contributed by atoms with Crippen molar-refractivity contribution in [2.45, 2.75) is 31.5 Å². The minimum atomic E-state index is -0.976. The maximum Gasteiger partial charge on any atom is 0.144 e. The molecule has 0 saturated carbocycles. The summed E-state index contributed by atoms with van der Waals surface area (Å²) in [5.41, 5.74) is 0.657. The fourth-order valence-corrected chi connectivity index (χ4v) is 2.24. The van der Waals surface area contributed by atoms with E-state index in [-0.39, 0.29) is 6.04 Å². The van der Waals surface area contributed by atoms with E-state index in [9.17, 15) is 4.39 Å². The van der Waals surface area contributed by atoms with Crippen molar-refractivity contribution in [2.24, 2.45) is 0 Å². The normalized spacial score (nSPS) is 22.8. The molecule has 1 aromatic rings. The molecule has 2 nitrogen and oxygen atoms in total. The van der Waals surface area contributed by atoms with Crippen LogP contribution in [0.1, 0.15) is 31.0 Å². The maximum atomic E-state index is 14.3. The van der Waals surface area contributed by atoms with Crippen LogP contribution in [0.4, 0.5) is 4.39 Å². The number of halogens is 1. The molecule has 1 heterocycles. The molecule has 0 radical (unpaired) electrons. The summed E-state index contributed by atoms with van der Waals surface area (Å²) in [4.78, 5) is 0. The number of rotatable bonds is 3. The van der Waals surface area contributed by atoms with E-state index in [0.717, 1.165) is 25.8 Å². The average molecular weight is 223 g/mol. The van der Waals surface area contributed by atoms with Gasteiger partial charge in [0.25, 0.3) is 0 Å². The van der Waals surface area contributed by atoms with Gasteiger partial charge in [-0.25, -0.2) is 4.39 Å². The summed E-state index contributed by atoms with van der Waals surface area (Å²) < 4.78 is 19.5. The Balaban J connectivity index is 2.15. The monoisotopic (exact) mass is 223 g/mol. The van der Waals surface area contributed by atoms with E-state index in [0.29, 0.717) is 11.3 Å². The molecule has 0 aromatic heterocycles. The number of alkyl halides is 1. The largest absolute Gasteiger partial charge is 0.496 e. The summed E-state index contributed by atoms with van der Waals surface area (Å²) >= 11 is 0. The van der Waals surface area contributed by atoms with Crippen LogP contribution >= 0.6 is 0 Å². The van der Waals surface area contributed by atoms with Crippen LogP contribution in [-0.2, 0) is 0 Å². The van der Waals surface area contributed by atoms with Crippen molar-refractivity contribution in [3.8, 4) is 5.75 Å². The molecular weight excluding hydrogens is 205 g/mol. The Kier molecular flexibility index (Phi) is 3.78. The molecule has 1 aliphatic rings. The minimum absolute atomic E-state index is 0.0648. The van der Waals surface area contributed by atoms with Crippen molar-refractivity contribution in [1.29, 1.82) is 0 Å². The van der Waals surface area contributed by atoms with Gasteiger partial charge in [0.05, 0.1) is 7.11 Å². The molecular formula is C13H18FNO. The first kappa shape index (κ1) is 11.4. The molecule has 2 unspecified atom stereocenters. The zero-order valence-corrected chi connectivity index (χ0v) is 9.58. The van der Waals surface area contributed by atoms with E-state index >= 15 is 0 Å². The fourth-order valence-electron chi connectivity index (χ4n) is 2.24. The lowest BCUT2D eigenvalue weighted by Crippen LogP contribution is -2.37. The number of benzene rings is 1. The van der Waals surface area contributed by atoms with E-state index in [1.165, 1.54) is 0 Å². The molecule has 1 aliphatic heterocycles. The predicted octanol–water partition coefficient (Wildman–Crippen LogP) is 2.85. The maximum absolute atomic E-state index is 14.3. The third-order valence-corrected chi connectivity index (χ3v) is 3.14. The van der Waals surface area contributed by atoms with Crippen molar-refractivity contribution >= 4 is 0 Å². The van der Waals surface area contributed by atoms with Gasteiger partial charge in [0, 0.05) is 11.6 Å². The Morgan fingerprint density at radius 2 is 2.19 bits per heavy atom. The topological polar surface area (TPSA) is 21.3 Å². The lowest BCUT2D eigenvalue weighted by Gasteiger charge is -2.27. The van der Waals surface area contributed by atoms with Crippen LogP contribution in [-0.4, -0.2) is 19.7 Å². The number of nitrogens with one attached hydrogen (secondary N) is 1. The number of hydrogen-bond donors (Lipinski definition) is 1. The Bertz CT molecular complexity index is 336. The Labute approximate surface area is 95.8 Å². The molecule has 1 fully saturated rings. The molecule has 2 atom stereocenters. The van der Waals surface area contributed by atoms with Gasteiger partial charge >= 0.3 is 0 Å². The van der Waals surface area contributed by atoms with E-state index in [2.05, 4.69) is 5.32 Å². The predicted molar refractivity (Wildman–Crippen MR) is 62.5 cm³/mol. The highest BCUT2D eigenvalue weighted by Gasteiger charge is 2.26. The third kappa shape index (κ3) is 2.35. The molecule has 16 heavy (non-hydrogen) atoms. The number of ether oxygens (including phenoxy) is 1. The number of hydrogen-bond acceptors (Lipinski definition) is 2. The molecule has 88 valence electrons. The van der Waals surface area contributed by atoms with E-state index in [4.69, 9.17) is 4.74 Å². The Morgan fingerprint density at radius 1 is 1.38 bits per heavy atom. The minimum Gasteiger partial charge on any atom is -0.496 e. The van der Waals surface area contributed by atoms with Gasteiger partial charge in [-0.1, -0.05) is 24.6 Å². The van der Waals surface area contributed by atoms with Crippen molar-refractivity contribution in [1.82, 2.24) is 5.32 Å². The fraction of sp³-hybridized carbons (Fsp3) is 0.538. The summed E-state index contributed by atoms with van der Waals surface area (Å²) in [5.74, 6) is 0.641. The molecule has 0 bridgehead atoms. The highest BCUT2D eigenvalue weighted by atomic mass is 19.1. The van der Waals surface area contributed by atoms with Crippen molar-refractivity contribution < 1.29 is 9.13 Å². The SMILES string of the molecule is COc1ccccc1C(F)C1CCCCN1. The highest BCUT2D eigenvalue weighted by molar-refractivity contribution is 5.35. The summed E-state index contributed by atoms with van der Waals surface area (Å²) in [6, 6.07) is 7.27. The van der Waals surface area contributed by atoms with Gasteiger partial charge in [-0.05, 0) is 25.5 Å². The van der Waals surface area contributed by atoms with Crippen LogP contribution in [0.2, 0.25) is 0 Å². The molecule has 1 N–H and O–H groups in total. The van der Waals surface area contributed by atoms with Gasteiger partial charge in [0.15, 0.2) is 0 Å². The molecule has 3 heteroatoms. The summed E-state index contributed by atoms with van der Waals surface area (Å²) in [6.45, 7) is 0.917. The second-order valence-corrected chi connectivity index (χ2v) is 4.20. The van der Waals surface area contributed by atoms with Gasteiger partial charge in [0.1, 0.15) is 11.9 Å². The number of methoxy groups -OCH3 is 1. The lowest BCUT2D eigenvalue weighted by molar-refractivity contribution is 0.216. The molecule has 1 saturated heterocycles. The molecule has 0 amide bonds. The van der Waals surface area contributed by atoms with Gasteiger partial charge in [-0.15, -0.1) is 0 Å². The van der Waals surface area contributed by atoms with E-state index in [1.807, 2.05) is 18.2 Å². The first-order valence-corrected chi connectivity index (χ1v) is 5.83. The first-order chi connectivity index (χ1) is 7.83. The van der Waals surface area contributed by atoms with Gasteiger partial charge in [-0.3, -0.25) is 0 Å². The van der Waals surface area contributed by atoms with Crippen molar-refractivity contribution in [3.63, 3.8) is 0 Å². The van der Waals surface area contributed by atoms with Crippen molar-refractivity contribution in [2.75, 3.05) is 13.7 Å². The number of piperidine rings is 1. The quantitative estimate of drug-likeness (QED) is 0.850. The average Bonchev–Trinajstić information content (AvgIpc) is 2.39. The van der Waals surface area contributed by atoms with Crippen LogP contribution in [0.5, 0.6) is 5.75 Å². The standard InChI is InChI=1S/C13H18FNO/c1-16-12-8-3-2-6-10(12)13(14)11-7-4-5-9-15-11/h2-3,6,8,11,13,15H,4-5,7,9H2,1H3. The number of para-hydroxylation sites is 1. The van der Waals surface area contributed by atoms with Crippen molar-refractivity contribution in [3.05, 3.63) is 29.8 Å². The molecule has 2 rings (SSSR count). The summed E-state index contributed by atoms with van der Waals surface area (Å²) in [7, 11) is 1.58. The first-order valence-electron chi connectivity index (χ1n) is 5.83. The van der Waals surface area contributed by atoms with Crippen LogP contribution in [0.3, 0.4) is 0 Å². The Hall–Kier alpha value is -1.09. The second-order valence-electron chi connectivity index (χ2n) is 4.20. The Morgan fingerprint density at radius 3 is 2.88 bits per heavy atom. The van der Waals surface area contributed by atoms with E-state index < -0.39 is 6.17 Å². The van der Waals surface area contributed by atoms with Crippen LogP contribution < -0.4 is 10.1 Å².